The largest absolute Gasteiger partial charge is 0.493 e. The standard InChI is InChI=1S/C17H23N3O6/c1-11-5-3-4-6-13(11)18-17(22)19-16(21)10-26-15-9-12(20(23)24)7-8-14(15)25-2/h7-9,11,13H,3-6,10H2,1-2H3,(H2,18,19,21,22)/t11-,13-/m0/s1. The lowest BCUT2D eigenvalue weighted by molar-refractivity contribution is -0.385. The first-order chi connectivity index (χ1) is 12.4. The van der Waals surface area contributed by atoms with Crippen LogP contribution in [0.5, 0.6) is 11.5 Å². The maximum Gasteiger partial charge on any atom is 0.321 e. The number of ether oxygens (including phenoxy) is 2. The van der Waals surface area contributed by atoms with E-state index >= 15 is 0 Å². The molecule has 0 aromatic heterocycles. The smallest absolute Gasteiger partial charge is 0.321 e. The van der Waals surface area contributed by atoms with Crippen LogP contribution in [0.15, 0.2) is 18.2 Å². The van der Waals surface area contributed by atoms with Crippen LogP contribution in [0.4, 0.5) is 10.5 Å². The molecule has 1 saturated carbocycles. The predicted molar refractivity (Wildman–Crippen MR) is 93.2 cm³/mol. The van der Waals surface area contributed by atoms with Gasteiger partial charge in [-0.2, -0.15) is 0 Å². The van der Waals surface area contributed by atoms with E-state index in [9.17, 15) is 19.7 Å². The molecule has 0 aliphatic heterocycles. The molecule has 1 fully saturated rings. The maximum atomic E-state index is 11.9. The van der Waals surface area contributed by atoms with Crippen LogP contribution in [0, 0.1) is 16.0 Å². The topological polar surface area (TPSA) is 120 Å². The summed E-state index contributed by atoms with van der Waals surface area (Å²) in [6.45, 7) is 1.61. The van der Waals surface area contributed by atoms with Gasteiger partial charge in [-0.15, -0.1) is 0 Å². The van der Waals surface area contributed by atoms with Gasteiger partial charge in [0, 0.05) is 12.1 Å². The van der Waals surface area contributed by atoms with E-state index < -0.39 is 23.5 Å². The van der Waals surface area contributed by atoms with E-state index in [0.717, 1.165) is 31.7 Å². The zero-order chi connectivity index (χ0) is 19.1. The molecule has 9 heteroatoms. The average molecular weight is 365 g/mol. The molecule has 2 rings (SSSR count). The molecule has 2 atom stereocenters. The Bertz CT molecular complexity index is 678. The fourth-order valence-corrected chi connectivity index (χ4v) is 2.93. The number of nitro groups is 1. The van der Waals surface area contributed by atoms with Crippen molar-refractivity contribution in [1.82, 2.24) is 10.6 Å². The van der Waals surface area contributed by atoms with Crippen LogP contribution in [-0.4, -0.2) is 36.6 Å². The van der Waals surface area contributed by atoms with Gasteiger partial charge in [-0.3, -0.25) is 20.2 Å². The van der Waals surface area contributed by atoms with Crippen LogP contribution in [0.25, 0.3) is 0 Å². The molecule has 0 bridgehead atoms. The van der Waals surface area contributed by atoms with Crippen molar-refractivity contribution in [2.24, 2.45) is 5.92 Å². The van der Waals surface area contributed by atoms with Gasteiger partial charge in [0.05, 0.1) is 18.1 Å². The molecule has 1 aromatic rings. The highest BCUT2D eigenvalue weighted by Crippen LogP contribution is 2.31. The number of imide groups is 1. The third-order valence-electron chi connectivity index (χ3n) is 4.40. The molecule has 9 nitrogen and oxygen atoms in total. The first kappa shape index (κ1) is 19.5. The quantitative estimate of drug-likeness (QED) is 0.590. The van der Waals surface area contributed by atoms with Crippen molar-refractivity contribution in [3.8, 4) is 11.5 Å². The van der Waals surface area contributed by atoms with Gasteiger partial charge in [0.25, 0.3) is 11.6 Å². The number of nitro benzene ring substituents is 1. The Morgan fingerprint density at radius 3 is 2.65 bits per heavy atom. The minimum Gasteiger partial charge on any atom is -0.493 e. The van der Waals surface area contributed by atoms with Crippen LogP contribution in [0.2, 0.25) is 0 Å². The number of benzene rings is 1. The van der Waals surface area contributed by atoms with Crippen LogP contribution in [-0.2, 0) is 4.79 Å². The maximum absolute atomic E-state index is 11.9. The van der Waals surface area contributed by atoms with Crippen LogP contribution in [0.1, 0.15) is 32.6 Å². The zero-order valence-electron chi connectivity index (χ0n) is 14.8. The van der Waals surface area contributed by atoms with Gasteiger partial charge in [0.2, 0.25) is 0 Å². The Balaban J connectivity index is 1.87. The van der Waals surface area contributed by atoms with Gasteiger partial charge in [-0.1, -0.05) is 19.8 Å². The monoisotopic (exact) mass is 365 g/mol. The Hall–Kier alpha value is -2.84. The molecule has 0 saturated heterocycles. The lowest BCUT2D eigenvalue weighted by atomic mass is 9.86. The summed E-state index contributed by atoms with van der Waals surface area (Å²) in [5, 5.41) is 15.8. The molecular weight excluding hydrogens is 342 g/mol. The number of carbonyl (C=O) groups excluding carboxylic acids is 2. The van der Waals surface area contributed by atoms with E-state index in [4.69, 9.17) is 9.47 Å². The molecule has 1 aliphatic carbocycles. The summed E-state index contributed by atoms with van der Waals surface area (Å²) in [7, 11) is 1.38. The van der Waals surface area contributed by atoms with E-state index in [1.54, 1.807) is 0 Å². The zero-order valence-corrected chi connectivity index (χ0v) is 14.8. The average Bonchev–Trinajstić information content (AvgIpc) is 2.61. The second-order valence-corrected chi connectivity index (χ2v) is 6.27. The van der Waals surface area contributed by atoms with Crippen LogP contribution >= 0.6 is 0 Å². The van der Waals surface area contributed by atoms with Crippen molar-refractivity contribution in [2.45, 2.75) is 38.6 Å². The Kier molecular flexibility index (Phi) is 6.76. The first-order valence-corrected chi connectivity index (χ1v) is 8.46. The van der Waals surface area contributed by atoms with Crippen LogP contribution in [0.3, 0.4) is 0 Å². The van der Waals surface area contributed by atoms with E-state index in [1.165, 1.54) is 19.2 Å². The number of methoxy groups -OCH3 is 1. The van der Waals surface area contributed by atoms with Gasteiger partial charge in [0.15, 0.2) is 18.1 Å². The summed E-state index contributed by atoms with van der Waals surface area (Å²) in [6.07, 6.45) is 4.15. The minimum atomic E-state index is -0.653. The highest BCUT2D eigenvalue weighted by atomic mass is 16.6. The Morgan fingerprint density at radius 1 is 1.27 bits per heavy atom. The lowest BCUT2D eigenvalue weighted by Gasteiger charge is -2.29. The fourth-order valence-electron chi connectivity index (χ4n) is 2.93. The highest BCUT2D eigenvalue weighted by Gasteiger charge is 2.23. The number of carbonyl (C=O) groups is 2. The number of urea groups is 1. The first-order valence-electron chi connectivity index (χ1n) is 8.46. The third-order valence-corrected chi connectivity index (χ3v) is 4.40. The molecule has 2 N–H and O–H groups in total. The van der Waals surface area contributed by atoms with E-state index in [-0.39, 0.29) is 23.2 Å². The van der Waals surface area contributed by atoms with Gasteiger partial charge in [-0.05, 0) is 24.8 Å². The van der Waals surface area contributed by atoms with Crippen molar-refractivity contribution in [3.63, 3.8) is 0 Å². The molecular formula is C17H23N3O6. The number of non-ortho nitro benzene ring substituents is 1. The van der Waals surface area contributed by atoms with Crippen molar-refractivity contribution in [2.75, 3.05) is 13.7 Å². The normalized spacial score (nSPS) is 19.3. The summed E-state index contributed by atoms with van der Waals surface area (Å²) < 4.78 is 10.3. The number of nitrogens with zero attached hydrogens (tertiary/aromatic N) is 1. The van der Waals surface area contributed by atoms with Crippen LogP contribution < -0.4 is 20.1 Å². The molecule has 142 valence electrons. The Morgan fingerprint density at radius 2 is 2.00 bits per heavy atom. The van der Waals surface area contributed by atoms with Crippen molar-refractivity contribution < 1.29 is 24.0 Å². The van der Waals surface area contributed by atoms with E-state index in [0.29, 0.717) is 5.92 Å². The molecule has 1 aromatic carbocycles. The van der Waals surface area contributed by atoms with Gasteiger partial charge < -0.3 is 14.8 Å². The van der Waals surface area contributed by atoms with Crippen molar-refractivity contribution in [1.29, 1.82) is 0 Å². The molecule has 0 radical (unpaired) electrons. The molecule has 1 aliphatic rings. The summed E-state index contributed by atoms with van der Waals surface area (Å²) >= 11 is 0. The third kappa shape index (κ3) is 5.33. The van der Waals surface area contributed by atoms with Crippen molar-refractivity contribution in [3.05, 3.63) is 28.3 Å². The fraction of sp³-hybridized carbons (Fsp3) is 0.529. The second-order valence-electron chi connectivity index (χ2n) is 6.27. The molecule has 0 spiro atoms. The number of amides is 3. The summed E-state index contributed by atoms with van der Waals surface area (Å²) in [6, 6.07) is 3.29. The highest BCUT2D eigenvalue weighted by molar-refractivity contribution is 5.95. The van der Waals surface area contributed by atoms with Gasteiger partial charge in [0.1, 0.15) is 0 Å². The molecule has 0 unspecified atom stereocenters. The SMILES string of the molecule is COc1ccc([N+](=O)[O-])cc1OCC(=O)NC(=O)N[C@H]1CCCC[C@@H]1C. The number of hydrogen-bond donors (Lipinski definition) is 2. The molecule has 26 heavy (non-hydrogen) atoms. The van der Waals surface area contributed by atoms with E-state index in [2.05, 4.69) is 17.6 Å². The number of nitrogens with one attached hydrogen (secondary N) is 2. The summed E-state index contributed by atoms with van der Waals surface area (Å²) in [4.78, 5) is 34.1. The van der Waals surface area contributed by atoms with Crippen molar-refractivity contribution >= 4 is 17.6 Å². The Labute approximate surface area is 151 Å². The number of hydrogen-bond acceptors (Lipinski definition) is 6. The predicted octanol–water partition coefficient (Wildman–Crippen LogP) is 2.39. The lowest BCUT2D eigenvalue weighted by Crippen LogP contribution is -2.48. The summed E-state index contributed by atoms with van der Waals surface area (Å²) in [5.41, 5.74) is -0.190. The summed E-state index contributed by atoms with van der Waals surface area (Å²) in [5.74, 6) is 0.0246. The van der Waals surface area contributed by atoms with Gasteiger partial charge in [-0.25, -0.2) is 4.79 Å². The second kappa shape index (κ2) is 9.02. The van der Waals surface area contributed by atoms with E-state index in [1.807, 2.05) is 0 Å². The molecule has 0 heterocycles. The number of rotatable bonds is 6. The van der Waals surface area contributed by atoms with Gasteiger partial charge >= 0.3 is 6.03 Å². The minimum absolute atomic E-state index is 0.0503. The molecule has 3 amide bonds.